The molecule has 0 aromatic heterocycles. The van der Waals surface area contributed by atoms with Crippen molar-refractivity contribution in [1.82, 2.24) is 5.32 Å². The van der Waals surface area contributed by atoms with E-state index in [9.17, 15) is 13.2 Å². The maximum Gasteiger partial charge on any atom is 0.253 e. The molecule has 7 heteroatoms. The number of amides is 1. The maximum atomic E-state index is 12.3. The van der Waals surface area contributed by atoms with Gasteiger partial charge in [-0.1, -0.05) is 31.4 Å². The summed E-state index contributed by atoms with van der Waals surface area (Å²) in [5.41, 5.74) is 0.140. The number of nitrogens with two attached hydrogens (primary N) is 1. The van der Waals surface area contributed by atoms with Gasteiger partial charge in [0.25, 0.3) is 5.91 Å². The minimum Gasteiger partial charge on any atom is -0.349 e. The van der Waals surface area contributed by atoms with Crippen molar-refractivity contribution >= 4 is 27.5 Å². The number of halogens is 1. The molecule has 1 amide bonds. The Morgan fingerprint density at radius 3 is 2.71 bits per heavy atom. The van der Waals surface area contributed by atoms with Crippen molar-refractivity contribution in [3.63, 3.8) is 0 Å². The van der Waals surface area contributed by atoms with Gasteiger partial charge in [0.1, 0.15) is 0 Å². The number of rotatable bonds is 3. The Bertz CT molecular complexity index is 646. The van der Waals surface area contributed by atoms with Gasteiger partial charge in [-0.15, -0.1) is 0 Å². The van der Waals surface area contributed by atoms with Crippen LogP contribution in [0.3, 0.4) is 0 Å². The number of nitrogens with one attached hydrogen (secondary N) is 1. The van der Waals surface area contributed by atoms with Crippen molar-refractivity contribution in [3.05, 3.63) is 28.8 Å². The molecule has 0 spiro atoms. The first kappa shape index (κ1) is 16.3. The molecule has 1 aromatic rings. The number of carbonyl (C=O) groups excluding carboxylic acids is 1. The molecule has 0 bridgehead atoms. The quantitative estimate of drug-likeness (QED) is 0.891. The van der Waals surface area contributed by atoms with Crippen molar-refractivity contribution in [3.8, 4) is 0 Å². The molecule has 1 fully saturated rings. The number of benzene rings is 1. The molecule has 0 radical (unpaired) electrons. The molecule has 2 atom stereocenters. The monoisotopic (exact) mass is 330 g/mol. The van der Waals surface area contributed by atoms with Crippen LogP contribution in [0.25, 0.3) is 0 Å². The minimum atomic E-state index is -3.86. The van der Waals surface area contributed by atoms with Gasteiger partial charge in [0.05, 0.1) is 15.5 Å². The van der Waals surface area contributed by atoms with Crippen LogP contribution in [0, 0.1) is 5.92 Å². The molecular weight excluding hydrogens is 312 g/mol. The molecule has 21 heavy (non-hydrogen) atoms. The highest BCUT2D eigenvalue weighted by atomic mass is 35.5. The summed E-state index contributed by atoms with van der Waals surface area (Å²) in [4.78, 5) is 12.2. The molecule has 116 valence electrons. The molecule has 0 aliphatic heterocycles. The molecule has 1 aliphatic rings. The van der Waals surface area contributed by atoms with Crippen LogP contribution in [-0.4, -0.2) is 20.4 Å². The summed E-state index contributed by atoms with van der Waals surface area (Å²) in [6.45, 7) is 2.16. The lowest BCUT2D eigenvalue weighted by atomic mass is 9.87. The van der Waals surface area contributed by atoms with E-state index in [0.29, 0.717) is 5.92 Å². The normalized spacial score (nSPS) is 22.8. The Labute approximate surface area is 129 Å². The average molecular weight is 331 g/mol. The van der Waals surface area contributed by atoms with Crippen molar-refractivity contribution in [2.45, 2.75) is 43.5 Å². The second-order valence-corrected chi connectivity index (χ2v) is 7.60. The lowest BCUT2D eigenvalue weighted by Gasteiger charge is -2.27. The molecule has 2 rings (SSSR count). The zero-order valence-corrected chi connectivity index (χ0v) is 13.4. The Hall–Kier alpha value is -1.11. The smallest absolute Gasteiger partial charge is 0.253 e. The maximum absolute atomic E-state index is 12.3. The Morgan fingerprint density at radius 1 is 1.38 bits per heavy atom. The van der Waals surface area contributed by atoms with Crippen LogP contribution >= 0.6 is 11.6 Å². The van der Waals surface area contributed by atoms with Crippen LogP contribution < -0.4 is 10.5 Å². The first-order valence-electron chi connectivity index (χ1n) is 6.90. The summed E-state index contributed by atoms with van der Waals surface area (Å²) in [5.74, 6) is 0.222. The predicted octanol–water partition coefficient (Wildman–Crippen LogP) is 2.30. The third-order valence-corrected chi connectivity index (χ3v) is 5.02. The highest BCUT2D eigenvalue weighted by Gasteiger charge is 2.22. The van der Waals surface area contributed by atoms with Gasteiger partial charge in [-0.05, 0) is 37.0 Å². The van der Waals surface area contributed by atoms with E-state index in [4.69, 9.17) is 16.7 Å². The van der Waals surface area contributed by atoms with Crippen LogP contribution in [0.2, 0.25) is 5.02 Å². The second kappa shape index (κ2) is 6.34. The highest BCUT2D eigenvalue weighted by Crippen LogP contribution is 2.25. The van der Waals surface area contributed by atoms with E-state index in [0.717, 1.165) is 19.3 Å². The van der Waals surface area contributed by atoms with Gasteiger partial charge in [-0.25, -0.2) is 13.6 Å². The van der Waals surface area contributed by atoms with Crippen LogP contribution in [-0.2, 0) is 10.0 Å². The Morgan fingerprint density at radius 2 is 2.10 bits per heavy atom. The fraction of sp³-hybridized carbons (Fsp3) is 0.500. The largest absolute Gasteiger partial charge is 0.349 e. The number of sulfonamides is 1. The van der Waals surface area contributed by atoms with E-state index in [1.165, 1.54) is 24.6 Å². The van der Waals surface area contributed by atoms with E-state index in [-0.39, 0.29) is 27.4 Å². The summed E-state index contributed by atoms with van der Waals surface area (Å²) in [5, 5.41) is 8.21. The minimum absolute atomic E-state index is 0.107. The molecule has 2 unspecified atom stereocenters. The lowest BCUT2D eigenvalue weighted by molar-refractivity contribution is 0.0921. The summed E-state index contributed by atoms with van der Waals surface area (Å²) in [7, 11) is -3.86. The molecule has 0 heterocycles. The number of hydrogen-bond donors (Lipinski definition) is 2. The van der Waals surface area contributed by atoms with E-state index in [1.807, 2.05) is 0 Å². The Balaban J connectivity index is 2.18. The van der Waals surface area contributed by atoms with Crippen LogP contribution in [0.1, 0.15) is 43.0 Å². The third kappa shape index (κ3) is 4.18. The molecule has 1 saturated carbocycles. The first-order chi connectivity index (χ1) is 9.77. The summed E-state index contributed by atoms with van der Waals surface area (Å²) >= 11 is 5.99. The van der Waals surface area contributed by atoms with Gasteiger partial charge >= 0.3 is 0 Å². The zero-order chi connectivity index (χ0) is 15.6. The Kier molecular flexibility index (Phi) is 4.91. The molecule has 1 aliphatic carbocycles. The SMILES string of the molecule is CC1CCCC(NC(=O)c2cc(S(N)(=O)=O)ccc2Cl)C1. The van der Waals surface area contributed by atoms with Crippen molar-refractivity contribution in [2.24, 2.45) is 11.1 Å². The van der Waals surface area contributed by atoms with Gasteiger partial charge in [0, 0.05) is 6.04 Å². The molecular formula is C14H19ClN2O3S. The van der Waals surface area contributed by atoms with Crippen molar-refractivity contribution < 1.29 is 13.2 Å². The van der Waals surface area contributed by atoms with Crippen LogP contribution in [0.5, 0.6) is 0 Å². The first-order valence-corrected chi connectivity index (χ1v) is 8.83. The highest BCUT2D eigenvalue weighted by molar-refractivity contribution is 7.89. The number of hydrogen-bond acceptors (Lipinski definition) is 3. The van der Waals surface area contributed by atoms with Gasteiger partial charge < -0.3 is 5.32 Å². The van der Waals surface area contributed by atoms with E-state index >= 15 is 0 Å². The van der Waals surface area contributed by atoms with Crippen LogP contribution in [0.15, 0.2) is 23.1 Å². The topological polar surface area (TPSA) is 89.3 Å². The fourth-order valence-electron chi connectivity index (χ4n) is 2.68. The molecule has 5 nitrogen and oxygen atoms in total. The molecule has 0 saturated heterocycles. The van der Waals surface area contributed by atoms with Crippen molar-refractivity contribution in [2.75, 3.05) is 0 Å². The average Bonchev–Trinajstić information content (AvgIpc) is 2.37. The summed E-state index contributed by atoms with van der Waals surface area (Å²) in [6, 6.07) is 3.99. The van der Waals surface area contributed by atoms with Crippen molar-refractivity contribution in [1.29, 1.82) is 0 Å². The van der Waals surface area contributed by atoms with Gasteiger partial charge in [-0.2, -0.15) is 0 Å². The van der Waals surface area contributed by atoms with Crippen LogP contribution in [0.4, 0.5) is 0 Å². The molecule has 1 aromatic carbocycles. The van der Waals surface area contributed by atoms with Gasteiger partial charge in [0.15, 0.2) is 0 Å². The summed E-state index contributed by atoms with van der Waals surface area (Å²) < 4.78 is 22.7. The van der Waals surface area contributed by atoms with Gasteiger partial charge in [-0.3, -0.25) is 4.79 Å². The van der Waals surface area contributed by atoms with Gasteiger partial charge in [0.2, 0.25) is 10.0 Å². The standard InChI is InChI=1S/C14H19ClN2O3S/c1-9-3-2-4-10(7-9)17-14(18)12-8-11(21(16,19)20)5-6-13(12)15/h5-6,8-10H,2-4,7H2,1H3,(H,17,18)(H2,16,19,20). The number of primary sulfonamides is 1. The summed E-state index contributed by atoms with van der Waals surface area (Å²) in [6.07, 6.45) is 4.12. The van der Waals surface area contributed by atoms with E-state index in [1.54, 1.807) is 0 Å². The zero-order valence-electron chi connectivity index (χ0n) is 11.8. The number of carbonyl (C=O) groups is 1. The predicted molar refractivity (Wildman–Crippen MR) is 81.7 cm³/mol. The lowest BCUT2D eigenvalue weighted by Crippen LogP contribution is -2.38. The molecule has 3 N–H and O–H groups in total. The second-order valence-electron chi connectivity index (χ2n) is 5.63. The van der Waals surface area contributed by atoms with E-state index < -0.39 is 10.0 Å². The van der Waals surface area contributed by atoms with E-state index in [2.05, 4.69) is 12.2 Å². The fourth-order valence-corrected chi connectivity index (χ4v) is 3.43. The third-order valence-electron chi connectivity index (χ3n) is 3.78.